The van der Waals surface area contributed by atoms with Crippen LogP contribution in [0.1, 0.15) is 16.5 Å². The number of hydrogen-bond donors (Lipinski definition) is 1. The summed E-state index contributed by atoms with van der Waals surface area (Å²) in [7, 11) is 3.17. The van der Waals surface area contributed by atoms with Crippen molar-refractivity contribution in [2.75, 3.05) is 14.2 Å². The van der Waals surface area contributed by atoms with Crippen LogP contribution >= 0.6 is 43.2 Å². The molecule has 0 radical (unpaired) electrons. The Hall–Kier alpha value is -0.560. The van der Waals surface area contributed by atoms with Gasteiger partial charge in [0.05, 0.1) is 22.5 Å². The van der Waals surface area contributed by atoms with Gasteiger partial charge in [-0.3, -0.25) is 0 Å². The number of ether oxygens (including phenoxy) is 2. The van der Waals surface area contributed by atoms with E-state index >= 15 is 0 Å². The Morgan fingerprint density at radius 3 is 2.32 bits per heavy atom. The molecule has 0 aliphatic heterocycles. The van der Waals surface area contributed by atoms with Crippen molar-refractivity contribution in [2.45, 2.75) is 6.10 Å². The molecule has 1 heterocycles. The van der Waals surface area contributed by atoms with Crippen LogP contribution in [0.3, 0.4) is 0 Å². The largest absolute Gasteiger partial charge is 0.496 e. The number of methoxy groups -OCH3 is 2. The Labute approximate surface area is 132 Å². The summed E-state index contributed by atoms with van der Waals surface area (Å²) in [4.78, 5) is 0.842. The van der Waals surface area contributed by atoms with E-state index in [1.54, 1.807) is 26.4 Å². The van der Waals surface area contributed by atoms with E-state index in [1.807, 2.05) is 12.1 Å². The van der Waals surface area contributed by atoms with Crippen molar-refractivity contribution in [1.29, 1.82) is 0 Å². The van der Waals surface area contributed by atoms with Crippen LogP contribution in [0.4, 0.5) is 0 Å². The van der Waals surface area contributed by atoms with Crippen LogP contribution in [-0.2, 0) is 0 Å². The van der Waals surface area contributed by atoms with Gasteiger partial charge >= 0.3 is 0 Å². The molecule has 0 saturated heterocycles. The summed E-state index contributed by atoms with van der Waals surface area (Å²) in [6.07, 6.45) is -0.742. The molecular formula is C13H12Br2O3S. The van der Waals surface area contributed by atoms with Crippen LogP contribution in [0.2, 0.25) is 0 Å². The molecule has 6 heteroatoms. The standard InChI is InChI=1S/C13H12Br2O3S/c1-17-9-6-8(14)10(18-2)5-7(9)13(16)11-3-4-12(15)19-11/h3-6,13,16H,1-2H3. The number of aliphatic hydroxyl groups excluding tert-OH is 1. The van der Waals surface area contributed by atoms with E-state index in [9.17, 15) is 5.11 Å². The molecule has 0 fully saturated rings. The van der Waals surface area contributed by atoms with E-state index in [0.717, 1.165) is 13.1 Å². The molecule has 0 spiro atoms. The Morgan fingerprint density at radius 1 is 1.11 bits per heavy atom. The molecule has 0 saturated carbocycles. The minimum atomic E-state index is -0.742. The van der Waals surface area contributed by atoms with E-state index in [4.69, 9.17) is 9.47 Å². The topological polar surface area (TPSA) is 38.7 Å². The first-order valence-corrected chi connectivity index (χ1v) is 7.81. The fourth-order valence-electron chi connectivity index (χ4n) is 1.73. The third-order valence-corrected chi connectivity index (χ3v) is 4.96. The van der Waals surface area contributed by atoms with Gasteiger partial charge in [0.25, 0.3) is 0 Å². The first-order valence-electron chi connectivity index (χ1n) is 5.41. The highest BCUT2D eigenvalue weighted by Gasteiger charge is 2.19. The van der Waals surface area contributed by atoms with E-state index in [0.29, 0.717) is 17.1 Å². The van der Waals surface area contributed by atoms with Crippen molar-refractivity contribution in [2.24, 2.45) is 0 Å². The summed E-state index contributed by atoms with van der Waals surface area (Å²) >= 11 is 8.28. The molecule has 0 aliphatic rings. The molecular weight excluding hydrogens is 396 g/mol. The molecule has 1 aromatic heterocycles. The lowest BCUT2D eigenvalue weighted by atomic mass is 10.1. The van der Waals surface area contributed by atoms with Gasteiger partial charge in [-0.2, -0.15) is 0 Å². The second kappa shape index (κ2) is 6.26. The van der Waals surface area contributed by atoms with Gasteiger partial charge in [0.15, 0.2) is 0 Å². The first kappa shape index (κ1) is 14.8. The van der Waals surface area contributed by atoms with Crippen LogP contribution < -0.4 is 9.47 Å². The third kappa shape index (κ3) is 3.13. The van der Waals surface area contributed by atoms with Gasteiger partial charge < -0.3 is 14.6 Å². The second-order valence-electron chi connectivity index (χ2n) is 3.77. The molecule has 1 N–H and O–H groups in total. The van der Waals surface area contributed by atoms with Gasteiger partial charge in [-0.1, -0.05) is 0 Å². The maximum atomic E-state index is 10.5. The Bertz CT molecular complexity index is 583. The third-order valence-electron chi connectivity index (χ3n) is 2.66. The van der Waals surface area contributed by atoms with Gasteiger partial charge in [0.1, 0.15) is 17.6 Å². The SMILES string of the molecule is COc1cc(C(O)c2ccc(Br)s2)c(OC)cc1Br. The molecule has 3 nitrogen and oxygen atoms in total. The molecule has 0 bridgehead atoms. The number of hydrogen-bond acceptors (Lipinski definition) is 4. The van der Waals surface area contributed by atoms with Crippen molar-refractivity contribution in [1.82, 2.24) is 0 Å². The summed E-state index contributed by atoms with van der Waals surface area (Å²) in [6.45, 7) is 0. The van der Waals surface area contributed by atoms with Crippen LogP contribution in [0, 0.1) is 0 Å². The molecule has 102 valence electrons. The Morgan fingerprint density at radius 2 is 1.79 bits per heavy atom. The van der Waals surface area contributed by atoms with Crippen molar-refractivity contribution >= 4 is 43.2 Å². The average molecular weight is 408 g/mol. The minimum Gasteiger partial charge on any atom is -0.496 e. The predicted molar refractivity (Wildman–Crippen MR) is 83.3 cm³/mol. The fourth-order valence-corrected chi connectivity index (χ4v) is 3.64. The summed E-state index contributed by atoms with van der Waals surface area (Å²) in [6, 6.07) is 7.36. The summed E-state index contributed by atoms with van der Waals surface area (Å²) in [5.74, 6) is 1.27. The highest BCUT2D eigenvalue weighted by atomic mass is 79.9. The minimum absolute atomic E-state index is 0.615. The maximum absolute atomic E-state index is 10.5. The van der Waals surface area contributed by atoms with E-state index in [2.05, 4.69) is 31.9 Å². The first-order chi connectivity index (χ1) is 9.06. The highest BCUT2D eigenvalue weighted by molar-refractivity contribution is 9.11. The lowest BCUT2D eigenvalue weighted by Gasteiger charge is -2.16. The van der Waals surface area contributed by atoms with E-state index < -0.39 is 6.10 Å². The second-order valence-corrected chi connectivity index (χ2v) is 7.12. The molecule has 1 unspecified atom stereocenters. The molecule has 1 aromatic carbocycles. The molecule has 2 aromatic rings. The van der Waals surface area contributed by atoms with Gasteiger partial charge in [-0.25, -0.2) is 0 Å². The van der Waals surface area contributed by atoms with Gasteiger partial charge in [-0.05, 0) is 56.1 Å². The van der Waals surface area contributed by atoms with Gasteiger partial charge in [0, 0.05) is 10.4 Å². The smallest absolute Gasteiger partial charge is 0.133 e. The quantitative estimate of drug-likeness (QED) is 0.817. The van der Waals surface area contributed by atoms with Gasteiger partial charge in [-0.15, -0.1) is 11.3 Å². The van der Waals surface area contributed by atoms with E-state index in [-0.39, 0.29) is 0 Å². The van der Waals surface area contributed by atoms with Crippen molar-refractivity contribution in [3.8, 4) is 11.5 Å². The lowest BCUT2D eigenvalue weighted by molar-refractivity contribution is 0.217. The zero-order valence-corrected chi connectivity index (χ0v) is 14.3. The van der Waals surface area contributed by atoms with E-state index in [1.165, 1.54) is 11.3 Å². The highest BCUT2D eigenvalue weighted by Crippen LogP contribution is 2.40. The molecule has 0 amide bonds. The number of aliphatic hydroxyl groups is 1. The molecule has 2 rings (SSSR count). The van der Waals surface area contributed by atoms with Crippen LogP contribution in [-0.4, -0.2) is 19.3 Å². The maximum Gasteiger partial charge on any atom is 0.133 e. The Balaban J connectivity index is 2.48. The molecule has 1 atom stereocenters. The fraction of sp³-hybridized carbons (Fsp3) is 0.231. The predicted octanol–water partition coefficient (Wildman–Crippen LogP) is 4.37. The van der Waals surface area contributed by atoms with Crippen LogP contribution in [0.25, 0.3) is 0 Å². The zero-order chi connectivity index (χ0) is 14.0. The Kier molecular flexibility index (Phi) is 4.89. The monoisotopic (exact) mass is 406 g/mol. The van der Waals surface area contributed by atoms with Crippen LogP contribution in [0.5, 0.6) is 11.5 Å². The van der Waals surface area contributed by atoms with Crippen LogP contribution in [0.15, 0.2) is 32.5 Å². The van der Waals surface area contributed by atoms with Gasteiger partial charge in [0.2, 0.25) is 0 Å². The lowest BCUT2D eigenvalue weighted by Crippen LogP contribution is -2.02. The number of thiophene rings is 1. The zero-order valence-electron chi connectivity index (χ0n) is 10.3. The van der Waals surface area contributed by atoms with Crippen molar-refractivity contribution in [3.63, 3.8) is 0 Å². The summed E-state index contributed by atoms with van der Waals surface area (Å²) < 4.78 is 12.3. The van der Waals surface area contributed by atoms with Crippen molar-refractivity contribution < 1.29 is 14.6 Å². The normalized spacial score (nSPS) is 12.3. The number of halogens is 2. The summed E-state index contributed by atoms with van der Waals surface area (Å²) in [5.41, 5.74) is 0.678. The molecule has 19 heavy (non-hydrogen) atoms. The molecule has 0 aliphatic carbocycles. The average Bonchev–Trinajstić information content (AvgIpc) is 2.84. The number of rotatable bonds is 4. The number of benzene rings is 1. The van der Waals surface area contributed by atoms with Crippen molar-refractivity contribution in [3.05, 3.63) is 43.0 Å². The summed E-state index contributed by atoms with van der Waals surface area (Å²) in [5, 5.41) is 10.5.